The number of hydrazone groups is 1. The van der Waals surface area contributed by atoms with Gasteiger partial charge in [-0.2, -0.15) is 5.10 Å². The first-order valence-corrected chi connectivity index (χ1v) is 8.88. The maximum absolute atomic E-state index is 12.3. The summed E-state index contributed by atoms with van der Waals surface area (Å²) in [6.07, 6.45) is 4.19. The van der Waals surface area contributed by atoms with Crippen molar-refractivity contribution in [1.82, 2.24) is 10.4 Å². The SMILES string of the molecule is CC[C@@H](Nc1ccc(Br)cc1)C(=O)N/N=C\c1c[nH]c2ccccc12. The lowest BCUT2D eigenvalue weighted by Gasteiger charge is -2.16. The van der Waals surface area contributed by atoms with Gasteiger partial charge in [-0.25, -0.2) is 5.43 Å². The Balaban J connectivity index is 1.62. The monoisotopic (exact) mass is 398 g/mol. The lowest BCUT2D eigenvalue weighted by molar-refractivity contribution is -0.121. The van der Waals surface area contributed by atoms with E-state index in [1.165, 1.54) is 0 Å². The van der Waals surface area contributed by atoms with E-state index in [0.29, 0.717) is 6.42 Å². The second-order valence-electron chi connectivity index (χ2n) is 5.64. The molecule has 3 N–H and O–H groups in total. The summed E-state index contributed by atoms with van der Waals surface area (Å²) in [7, 11) is 0. The molecule has 0 aliphatic carbocycles. The van der Waals surface area contributed by atoms with Gasteiger partial charge in [0.15, 0.2) is 0 Å². The fraction of sp³-hybridized carbons (Fsp3) is 0.158. The molecule has 0 unspecified atom stereocenters. The first kappa shape index (κ1) is 17.2. The van der Waals surface area contributed by atoms with Crippen molar-refractivity contribution in [2.24, 2.45) is 5.10 Å². The smallest absolute Gasteiger partial charge is 0.262 e. The fourth-order valence-electron chi connectivity index (χ4n) is 2.54. The van der Waals surface area contributed by atoms with Crippen LogP contribution in [0.1, 0.15) is 18.9 Å². The summed E-state index contributed by atoms with van der Waals surface area (Å²) in [6.45, 7) is 1.96. The number of nitrogens with zero attached hydrogens (tertiary/aromatic N) is 1. The molecule has 25 heavy (non-hydrogen) atoms. The van der Waals surface area contributed by atoms with E-state index in [-0.39, 0.29) is 11.9 Å². The molecule has 0 saturated carbocycles. The van der Waals surface area contributed by atoms with Crippen molar-refractivity contribution in [2.75, 3.05) is 5.32 Å². The number of aromatic nitrogens is 1. The highest BCUT2D eigenvalue weighted by Crippen LogP contribution is 2.16. The molecule has 6 heteroatoms. The minimum Gasteiger partial charge on any atom is -0.374 e. The van der Waals surface area contributed by atoms with Gasteiger partial charge in [0, 0.05) is 32.8 Å². The topological polar surface area (TPSA) is 69.3 Å². The summed E-state index contributed by atoms with van der Waals surface area (Å²) in [5.74, 6) is -0.165. The minimum atomic E-state index is -0.346. The molecular weight excluding hydrogens is 380 g/mol. The van der Waals surface area contributed by atoms with E-state index in [9.17, 15) is 4.79 Å². The van der Waals surface area contributed by atoms with E-state index in [2.05, 4.69) is 36.8 Å². The highest BCUT2D eigenvalue weighted by Gasteiger charge is 2.15. The van der Waals surface area contributed by atoms with Crippen molar-refractivity contribution in [3.8, 4) is 0 Å². The average molecular weight is 399 g/mol. The van der Waals surface area contributed by atoms with E-state index < -0.39 is 0 Å². The zero-order valence-corrected chi connectivity index (χ0v) is 15.4. The van der Waals surface area contributed by atoms with Crippen LogP contribution in [-0.2, 0) is 4.79 Å². The van der Waals surface area contributed by atoms with Gasteiger partial charge in [0.25, 0.3) is 5.91 Å². The number of nitrogens with one attached hydrogen (secondary N) is 3. The van der Waals surface area contributed by atoms with Crippen molar-refractivity contribution in [3.05, 3.63) is 64.8 Å². The molecule has 5 nitrogen and oxygen atoms in total. The Hall–Kier alpha value is -2.60. The molecule has 3 rings (SSSR count). The molecule has 1 atom stereocenters. The van der Waals surface area contributed by atoms with Crippen molar-refractivity contribution >= 4 is 44.6 Å². The number of aromatic amines is 1. The number of rotatable bonds is 6. The average Bonchev–Trinajstić information content (AvgIpc) is 3.04. The maximum Gasteiger partial charge on any atom is 0.262 e. The van der Waals surface area contributed by atoms with Gasteiger partial charge in [-0.05, 0) is 36.8 Å². The molecular formula is C19H19BrN4O. The van der Waals surface area contributed by atoms with Gasteiger partial charge in [-0.3, -0.25) is 4.79 Å². The van der Waals surface area contributed by atoms with Gasteiger partial charge in [0.2, 0.25) is 0 Å². The molecule has 0 fully saturated rings. The number of para-hydroxylation sites is 1. The number of fused-ring (bicyclic) bond motifs is 1. The first-order valence-electron chi connectivity index (χ1n) is 8.08. The molecule has 2 aromatic carbocycles. The van der Waals surface area contributed by atoms with Gasteiger partial charge in [0.1, 0.15) is 6.04 Å². The Morgan fingerprint density at radius 1 is 1.24 bits per heavy atom. The molecule has 0 bridgehead atoms. The molecule has 1 aromatic heterocycles. The minimum absolute atomic E-state index is 0.165. The molecule has 3 aromatic rings. The lowest BCUT2D eigenvalue weighted by atomic mass is 10.2. The van der Waals surface area contributed by atoms with Gasteiger partial charge >= 0.3 is 0 Å². The van der Waals surface area contributed by atoms with E-state index in [4.69, 9.17) is 0 Å². The lowest BCUT2D eigenvalue weighted by Crippen LogP contribution is -2.36. The van der Waals surface area contributed by atoms with E-state index in [0.717, 1.165) is 26.6 Å². The summed E-state index contributed by atoms with van der Waals surface area (Å²) < 4.78 is 0.999. The predicted molar refractivity (Wildman–Crippen MR) is 106 cm³/mol. The predicted octanol–water partition coefficient (Wildman–Crippen LogP) is 4.27. The Kier molecular flexibility index (Phi) is 5.50. The van der Waals surface area contributed by atoms with Crippen LogP contribution < -0.4 is 10.7 Å². The summed E-state index contributed by atoms with van der Waals surface area (Å²) in [4.78, 5) is 15.5. The molecule has 0 saturated heterocycles. The summed E-state index contributed by atoms with van der Waals surface area (Å²) in [6, 6.07) is 15.3. The largest absolute Gasteiger partial charge is 0.374 e. The summed E-state index contributed by atoms with van der Waals surface area (Å²) in [5, 5.41) is 8.38. The number of hydrogen-bond donors (Lipinski definition) is 3. The Morgan fingerprint density at radius 2 is 2.00 bits per heavy atom. The normalized spacial score (nSPS) is 12.4. The van der Waals surface area contributed by atoms with Gasteiger partial charge in [-0.1, -0.05) is 41.1 Å². The molecule has 0 aliphatic rings. The quantitative estimate of drug-likeness (QED) is 0.428. The Labute approximate surface area is 154 Å². The van der Waals surface area contributed by atoms with Crippen LogP contribution in [-0.4, -0.2) is 23.1 Å². The van der Waals surface area contributed by atoms with Crippen molar-refractivity contribution < 1.29 is 4.79 Å². The molecule has 0 aliphatic heterocycles. The van der Waals surface area contributed by atoms with Crippen LogP contribution in [0, 0.1) is 0 Å². The molecule has 128 valence electrons. The van der Waals surface area contributed by atoms with Crippen LogP contribution in [0.5, 0.6) is 0 Å². The number of benzene rings is 2. The fourth-order valence-corrected chi connectivity index (χ4v) is 2.81. The molecule has 0 spiro atoms. The Bertz CT molecular complexity index is 886. The molecule has 0 radical (unpaired) electrons. The van der Waals surface area contributed by atoms with E-state index >= 15 is 0 Å². The van der Waals surface area contributed by atoms with Crippen LogP contribution in [0.3, 0.4) is 0 Å². The van der Waals surface area contributed by atoms with Crippen molar-refractivity contribution in [2.45, 2.75) is 19.4 Å². The molecule has 1 heterocycles. The van der Waals surface area contributed by atoms with Gasteiger partial charge in [0.05, 0.1) is 6.21 Å². The zero-order valence-electron chi connectivity index (χ0n) is 13.8. The number of carbonyl (C=O) groups is 1. The van der Waals surface area contributed by atoms with Gasteiger partial charge < -0.3 is 10.3 Å². The third kappa shape index (κ3) is 4.28. The third-order valence-corrected chi connectivity index (χ3v) is 4.44. The van der Waals surface area contributed by atoms with Crippen molar-refractivity contribution in [3.63, 3.8) is 0 Å². The number of hydrogen-bond acceptors (Lipinski definition) is 3. The summed E-state index contributed by atoms with van der Waals surface area (Å²) in [5.41, 5.74) is 5.48. The number of H-pyrrole nitrogens is 1. The van der Waals surface area contributed by atoms with E-state index in [1.54, 1.807) is 6.21 Å². The first-order chi connectivity index (χ1) is 12.2. The second-order valence-corrected chi connectivity index (χ2v) is 6.55. The standard InChI is InChI=1S/C19H19BrN4O/c1-2-17(23-15-9-7-14(20)8-10-15)19(25)24-22-12-13-11-21-18-6-4-3-5-16(13)18/h3-12,17,21,23H,2H2,1H3,(H,24,25)/b22-12-/t17-/m1/s1. The van der Waals surface area contributed by atoms with Gasteiger partial charge in [-0.15, -0.1) is 0 Å². The van der Waals surface area contributed by atoms with Crippen LogP contribution in [0.2, 0.25) is 0 Å². The van der Waals surface area contributed by atoms with E-state index in [1.807, 2.05) is 61.7 Å². The summed E-state index contributed by atoms with van der Waals surface area (Å²) >= 11 is 3.40. The number of halogens is 1. The third-order valence-electron chi connectivity index (χ3n) is 3.91. The number of anilines is 1. The van der Waals surface area contributed by atoms with Crippen LogP contribution in [0.15, 0.2) is 64.3 Å². The van der Waals surface area contributed by atoms with Crippen molar-refractivity contribution in [1.29, 1.82) is 0 Å². The van der Waals surface area contributed by atoms with Crippen LogP contribution in [0.25, 0.3) is 10.9 Å². The highest BCUT2D eigenvalue weighted by atomic mass is 79.9. The second kappa shape index (κ2) is 7.98. The zero-order chi connectivity index (χ0) is 17.6. The van der Waals surface area contributed by atoms with Crippen LogP contribution >= 0.6 is 15.9 Å². The maximum atomic E-state index is 12.3. The highest BCUT2D eigenvalue weighted by molar-refractivity contribution is 9.10. The molecule has 1 amide bonds. The Morgan fingerprint density at radius 3 is 2.76 bits per heavy atom. The number of carbonyl (C=O) groups excluding carboxylic acids is 1. The van der Waals surface area contributed by atoms with Crippen LogP contribution in [0.4, 0.5) is 5.69 Å². The number of amides is 1.